The summed E-state index contributed by atoms with van der Waals surface area (Å²) in [6, 6.07) is 21.3. The summed E-state index contributed by atoms with van der Waals surface area (Å²) < 4.78 is 14.4. The first-order valence-electron chi connectivity index (χ1n) is 14.1. The van der Waals surface area contributed by atoms with Gasteiger partial charge in [-0.25, -0.2) is 0 Å². The Morgan fingerprint density at radius 1 is 0.923 bits per heavy atom. The number of halogens is 1. The van der Waals surface area contributed by atoms with E-state index in [2.05, 4.69) is 29.4 Å². The summed E-state index contributed by atoms with van der Waals surface area (Å²) in [4.78, 5) is 16.2. The van der Waals surface area contributed by atoms with Gasteiger partial charge in [0.1, 0.15) is 17.2 Å². The van der Waals surface area contributed by atoms with Crippen molar-refractivity contribution < 1.29 is 14.3 Å². The van der Waals surface area contributed by atoms with Crippen LogP contribution in [-0.4, -0.2) is 41.5 Å². The van der Waals surface area contributed by atoms with Crippen LogP contribution in [-0.2, 0) is 0 Å². The van der Waals surface area contributed by atoms with Gasteiger partial charge in [-0.3, -0.25) is 4.79 Å². The molecule has 0 amide bonds. The second-order valence-electron chi connectivity index (χ2n) is 10.2. The highest BCUT2D eigenvalue weighted by Gasteiger charge is 2.23. The smallest absolute Gasteiger partial charge is 0.195 e. The maximum atomic E-state index is 13.8. The van der Waals surface area contributed by atoms with Crippen molar-refractivity contribution in [1.29, 1.82) is 0 Å². The van der Waals surface area contributed by atoms with Gasteiger partial charge in [0.2, 0.25) is 0 Å². The van der Waals surface area contributed by atoms with Crippen LogP contribution in [0.5, 0.6) is 17.2 Å². The lowest BCUT2D eigenvalue weighted by Crippen LogP contribution is -2.25. The second-order valence-corrected chi connectivity index (χ2v) is 10.6. The normalized spacial score (nSPS) is 13.8. The topological polar surface area (TPSA) is 43.7 Å². The van der Waals surface area contributed by atoms with E-state index in [4.69, 9.17) is 21.1 Å². The molecule has 1 aliphatic rings. The summed E-state index contributed by atoms with van der Waals surface area (Å²) in [5.74, 6) is 2.19. The first-order valence-corrected chi connectivity index (χ1v) is 14.5. The highest BCUT2D eigenvalue weighted by Crippen LogP contribution is 2.37. The van der Waals surface area contributed by atoms with Crippen molar-refractivity contribution in [3.63, 3.8) is 0 Å². The van der Waals surface area contributed by atoms with Crippen LogP contribution in [0.25, 0.3) is 10.9 Å². The molecule has 0 radical (unpaired) electrons. The van der Waals surface area contributed by atoms with Crippen molar-refractivity contribution in [3.05, 3.63) is 89.1 Å². The zero-order valence-corrected chi connectivity index (χ0v) is 23.6. The van der Waals surface area contributed by atoms with Crippen molar-refractivity contribution in [1.82, 2.24) is 9.47 Å². The minimum absolute atomic E-state index is 0.00785. The molecule has 0 N–H and O–H groups in total. The van der Waals surface area contributed by atoms with Gasteiger partial charge in [-0.05, 0) is 99.1 Å². The van der Waals surface area contributed by atoms with Gasteiger partial charge >= 0.3 is 0 Å². The molecular weight excluding hydrogens is 508 g/mol. The van der Waals surface area contributed by atoms with Crippen molar-refractivity contribution in [2.45, 2.75) is 52.0 Å². The molecule has 1 aromatic heterocycles. The largest absolute Gasteiger partial charge is 0.494 e. The zero-order chi connectivity index (χ0) is 27.2. The molecular formula is C33H37ClN2O3. The molecule has 1 heterocycles. The van der Waals surface area contributed by atoms with Crippen LogP contribution in [0.15, 0.2) is 72.9 Å². The van der Waals surface area contributed by atoms with Crippen LogP contribution in [0.2, 0.25) is 5.02 Å². The average Bonchev–Trinajstić information content (AvgIpc) is 3.63. The van der Waals surface area contributed by atoms with Crippen molar-refractivity contribution >= 4 is 28.3 Å². The Labute approximate surface area is 236 Å². The Bertz CT molecular complexity index is 1390. The van der Waals surface area contributed by atoms with Crippen LogP contribution in [0.3, 0.4) is 0 Å². The molecule has 4 aromatic rings. The lowest BCUT2D eigenvalue weighted by molar-refractivity contribution is 0.104. The number of hydrogen-bond acceptors (Lipinski definition) is 4. The van der Waals surface area contributed by atoms with E-state index in [1.165, 1.54) is 12.8 Å². The predicted octanol–water partition coefficient (Wildman–Crippen LogP) is 8.54. The van der Waals surface area contributed by atoms with Crippen LogP contribution in [0, 0.1) is 0 Å². The quantitative estimate of drug-likeness (QED) is 0.132. The third kappa shape index (κ3) is 6.48. The van der Waals surface area contributed by atoms with Crippen LogP contribution < -0.4 is 9.47 Å². The molecule has 204 valence electrons. The number of ether oxygens (including phenoxy) is 2. The highest BCUT2D eigenvalue weighted by atomic mass is 35.5. The van der Waals surface area contributed by atoms with Gasteiger partial charge < -0.3 is 18.9 Å². The number of carbonyl (C=O) groups is 1. The Kier molecular flexibility index (Phi) is 8.90. The molecule has 39 heavy (non-hydrogen) atoms. The number of nitrogens with zero attached hydrogens (tertiary/aromatic N) is 2. The molecule has 5 rings (SSSR count). The Balaban J connectivity index is 1.37. The van der Waals surface area contributed by atoms with Crippen LogP contribution in [0.4, 0.5) is 0 Å². The number of ketones is 1. The molecule has 0 bridgehead atoms. The van der Waals surface area contributed by atoms with Gasteiger partial charge in [-0.1, -0.05) is 38.3 Å². The fourth-order valence-electron chi connectivity index (χ4n) is 5.48. The number of benzene rings is 3. The predicted molar refractivity (Wildman–Crippen MR) is 159 cm³/mol. The monoisotopic (exact) mass is 544 g/mol. The van der Waals surface area contributed by atoms with Crippen molar-refractivity contribution in [2.75, 3.05) is 26.2 Å². The van der Waals surface area contributed by atoms with Crippen LogP contribution in [0.1, 0.15) is 67.9 Å². The fourth-order valence-corrected chi connectivity index (χ4v) is 5.60. The molecule has 1 fully saturated rings. The SMILES string of the molecule is CCN(CC)CCCOc1ccc(C(=O)c2cn(C3CCCC3)c3ccc(Oc4ccc(Cl)cc4)cc23)cc1. The molecule has 1 saturated carbocycles. The standard InChI is InChI=1S/C33H37ClN2O3/c1-3-35(4-2)20-7-21-38-27-14-10-24(11-15-27)33(37)31-23-36(26-8-5-6-9-26)32-19-18-29(22-30(31)32)39-28-16-12-25(34)13-17-28/h10-19,22-23,26H,3-9,20-21H2,1-2H3. The van der Waals surface area contributed by atoms with E-state index in [1.807, 2.05) is 54.7 Å². The molecule has 5 nitrogen and oxygen atoms in total. The molecule has 0 unspecified atom stereocenters. The minimum atomic E-state index is 0.00785. The Hall–Kier alpha value is -3.28. The summed E-state index contributed by atoms with van der Waals surface area (Å²) in [5.41, 5.74) is 2.42. The average molecular weight is 545 g/mol. The molecule has 0 spiro atoms. The van der Waals surface area contributed by atoms with E-state index in [9.17, 15) is 4.79 Å². The summed E-state index contributed by atoms with van der Waals surface area (Å²) >= 11 is 6.03. The summed E-state index contributed by atoms with van der Waals surface area (Å²) in [6.45, 7) is 8.16. The van der Waals surface area contributed by atoms with Crippen molar-refractivity contribution in [3.8, 4) is 17.2 Å². The third-order valence-electron chi connectivity index (χ3n) is 7.71. The van der Waals surface area contributed by atoms with E-state index in [-0.39, 0.29) is 5.78 Å². The number of carbonyl (C=O) groups excluding carboxylic acids is 1. The maximum Gasteiger partial charge on any atom is 0.195 e. The van der Waals surface area contributed by atoms with Crippen molar-refractivity contribution in [2.24, 2.45) is 0 Å². The van der Waals surface area contributed by atoms with E-state index in [1.54, 1.807) is 12.1 Å². The minimum Gasteiger partial charge on any atom is -0.494 e. The van der Waals surface area contributed by atoms with E-state index in [0.717, 1.165) is 55.5 Å². The Morgan fingerprint density at radius 3 is 2.28 bits per heavy atom. The molecule has 3 aromatic carbocycles. The maximum absolute atomic E-state index is 13.8. The summed E-state index contributed by atoms with van der Waals surface area (Å²) in [7, 11) is 0. The lowest BCUT2D eigenvalue weighted by atomic mass is 10.0. The first-order chi connectivity index (χ1) is 19.1. The fraction of sp³-hybridized carbons (Fsp3) is 0.364. The first kappa shape index (κ1) is 27.3. The summed E-state index contributed by atoms with van der Waals surface area (Å²) in [6.07, 6.45) is 7.75. The number of rotatable bonds is 12. The van der Waals surface area contributed by atoms with E-state index >= 15 is 0 Å². The molecule has 0 saturated heterocycles. The molecule has 6 heteroatoms. The summed E-state index contributed by atoms with van der Waals surface area (Å²) in [5, 5.41) is 1.57. The lowest BCUT2D eigenvalue weighted by Gasteiger charge is -2.17. The van der Waals surface area contributed by atoms with Crippen LogP contribution >= 0.6 is 11.6 Å². The molecule has 1 aliphatic carbocycles. The van der Waals surface area contributed by atoms with Gasteiger partial charge in [0.25, 0.3) is 0 Å². The molecule has 0 aliphatic heterocycles. The van der Waals surface area contributed by atoms with Gasteiger partial charge in [0.05, 0.1) is 6.61 Å². The number of fused-ring (bicyclic) bond motifs is 1. The van der Waals surface area contributed by atoms with E-state index < -0.39 is 0 Å². The van der Waals surface area contributed by atoms with Gasteiger partial charge in [-0.2, -0.15) is 0 Å². The van der Waals surface area contributed by atoms with Gasteiger partial charge in [-0.15, -0.1) is 0 Å². The number of hydrogen-bond donors (Lipinski definition) is 0. The Morgan fingerprint density at radius 2 is 1.59 bits per heavy atom. The second kappa shape index (κ2) is 12.7. The third-order valence-corrected chi connectivity index (χ3v) is 7.97. The number of aromatic nitrogens is 1. The zero-order valence-electron chi connectivity index (χ0n) is 22.9. The highest BCUT2D eigenvalue weighted by molar-refractivity contribution is 6.30. The van der Waals surface area contributed by atoms with E-state index in [0.29, 0.717) is 40.3 Å². The van der Waals surface area contributed by atoms with Gasteiger partial charge in [0.15, 0.2) is 5.78 Å². The molecule has 0 atom stereocenters. The van der Waals surface area contributed by atoms with Gasteiger partial charge in [0, 0.05) is 45.8 Å².